The number of nitrogens with zero attached hydrogens (tertiary/aromatic N) is 3. The molecule has 0 aromatic carbocycles. The van der Waals surface area contributed by atoms with Gasteiger partial charge in [-0.2, -0.15) is 0 Å². The Morgan fingerprint density at radius 3 is 2.85 bits per heavy atom. The van der Waals surface area contributed by atoms with Crippen molar-refractivity contribution in [1.82, 2.24) is 15.0 Å². The topological polar surface area (TPSA) is 94.3 Å². The normalized spacial score (nSPS) is 19.2. The lowest BCUT2D eigenvalue weighted by molar-refractivity contribution is 0.0402. The van der Waals surface area contributed by atoms with Crippen LogP contribution in [-0.4, -0.2) is 59.3 Å². The molecule has 0 spiro atoms. The summed E-state index contributed by atoms with van der Waals surface area (Å²) >= 11 is 0. The number of hydrogen-bond donors (Lipinski definition) is 1. The number of aliphatic hydroxyl groups excluding tert-OH is 1. The molecule has 8 heteroatoms. The van der Waals surface area contributed by atoms with Crippen molar-refractivity contribution < 1.29 is 18.3 Å². The molecule has 0 unspecified atom stereocenters. The molecular formula is C12H21N3O4S. The molecule has 0 saturated carbocycles. The van der Waals surface area contributed by atoms with Crippen molar-refractivity contribution >= 4 is 9.84 Å². The molecule has 1 aliphatic rings. The van der Waals surface area contributed by atoms with E-state index in [0.29, 0.717) is 32.4 Å². The van der Waals surface area contributed by atoms with Crippen LogP contribution in [0.2, 0.25) is 0 Å². The molecule has 0 bridgehead atoms. The Balaban J connectivity index is 1.67. The van der Waals surface area contributed by atoms with Gasteiger partial charge in [0.05, 0.1) is 36.5 Å². The van der Waals surface area contributed by atoms with Crippen LogP contribution in [0.25, 0.3) is 0 Å². The van der Waals surface area contributed by atoms with Crippen LogP contribution >= 0.6 is 0 Å². The summed E-state index contributed by atoms with van der Waals surface area (Å²) in [5, 5.41) is 16.7. The van der Waals surface area contributed by atoms with Gasteiger partial charge in [-0.3, -0.25) is 0 Å². The molecule has 2 rings (SSSR count). The molecular weight excluding hydrogens is 282 g/mol. The Morgan fingerprint density at radius 1 is 1.40 bits per heavy atom. The van der Waals surface area contributed by atoms with Gasteiger partial charge >= 0.3 is 0 Å². The molecule has 1 saturated heterocycles. The van der Waals surface area contributed by atoms with Crippen LogP contribution in [0.1, 0.15) is 25.0 Å². The number of aromatic nitrogens is 3. The molecule has 0 atom stereocenters. The Morgan fingerprint density at radius 2 is 2.15 bits per heavy atom. The number of aryl methyl sites for hydroxylation is 1. The van der Waals surface area contributed by atoms with Gasteiger partial charge in [0.25, 0.3) is 0 Å². The van der Waals surface area contributed by atoms with Crippen LogP contribution in [0.5, 0.6) is 0 Å². The average Bonchev–Trinajstić information content (AvgIpc) is 2.86. The van der Waals surface area contributed by atoms with Gasteiger partial charge in [-0.05, 0) is 25.7 Å². The average molecular weight is 303 g/mol. The molecule has 114 valence electrons. The largest absolute Gasteiger partial charge is 0.396 e. The van der Waals surface area contributed by atoms with Gasteiger partial charge in [0.2, 0.25) is 0 Å². The van der Waals surface area contributed by atoms with E-state index < -0.39 is 9.84 Å². The fourth-order valence-electron chi connectivity index (χ4n) is 2.17. The van der Waals surface area contributed by atoms with E-state index in [9.17, 15) is 8.42 Å². The summed E-state index contributed by atoms with van der Waals surface area (Å²) in [5.41, 5.74) is 0.864. The van der Waals surface area contributed by atoms with Crippen LogP contribution in [-0.2, 0) is 27.5 Å². The summed E-state index contributed by atoms with van der Waals surface area (Å²) in [5.74, 6) is 0.457. The first-order chi connectivity index (χ1) is 9.59. The van der Waals surface area contributed by atoms with Crippen LogP contribution in [0.3, 0.4) is 0 Å². The summed E-state index contributed by atoms with van der Waals surface area (Å²) in [7, 11) is -2.83. The minimum Gasteiger partial charge on any atom is -0.396 e. The quantitative estimate of drug-likeness (QED) is 0.749. The number of hydrogen-bond acceptors (Lipinski definition) is 6. The van der Waals surface area contributed by atoms with Crippen molar-refractivity contribution in [3.05, 3.63) is 11.9 Å². The van der Waals surface area contributed by atoms with Gasteiger partial charge in [-0.1, -0.05) is 5.21 Å². The zero-order valence-electron chi connectivity index (χ0n) is 11.4. The fourth-order valence-corrected chi connectivity index (χ4v) is 3.62. The Bertz CT molecular complexity index is 501. The third kappa shape index (κ3) is 4.84. The SMILES string of the molecule is O=S1(=O)CCC(OCCn2cc(CCCO)nn2)CC1. The lowest BCUT2D eigenvalue weighted by Gasteiger charge is -2.22. The molecule has 0 amide bonds. The predicted octanol–water partition coefficient (Wildman–Crippen LogP) is -0.203. The lowest BCUT2D eigenvalue weighted by Crippen LogP contribution is -2.29. The van der Waals surface area contributed by atoms with Gasteiger partial charge in [-0.25, -0.2) is 13.1 Å². The van der Waals surface area contributed by atoms with E-state index in [4.69, 9.17) is 9.84 Å². The number of aliphatic hydroxyl groups is 1. The summed E-state index contributed by atoms with van der Waals surface area (Å²) in [6.07, 6.45) is 4.47. The Kier molecular flexibility index (Phi) is 5.50. The summed E-state index contributed by atoms with van der Waals surface area (Å²) < 4.78 is 30.0. The molecule has 1 N–H and O–H groups in total. The first-order valence-corrected chi connectivity index (χ1v) is 8.73. The molecule has 1 fully saturated rings. The Hall–Kier alpha value is -0.990. The summed E-state index contributed by atoms with van der Waals surface area (Å²) in [6.45, 7) is 1.27. The minimum atomic E-state index is -2.83. The molecule has 1 aromatic rings. The van der Waals surface area contributed by atoms with Crippen molar-refractivity contribution in [1.29, 1.82) is 0 Å². The van der Waals surface area contributed by atoms with Gasteiger partial charge in [0.15, 0.2) is 9.84 Å². The molecule has 20 heavy (non-hydrogen) atoms. The molecule has 1 aliphatic heterocycles. The molecule has 0 radical (unpaired) electrons. The second-order valence-electron chi connectivity index (χ2n) is 5.02. The van der Waals surface area contributed by atoms with Crippen LogP contribution in [0.15, 0.2) is 6.20 Å². The van der Waals surface area contributed by atoms with Gasteiger partial charge in [-0.15, -0.1) is 5.10 Å². The van der Waals surface area contributed by atoms with E-state index in [0.717, 1.165) is 12.1 Å². The highest BCUT2D eigenvalue weighted by molar-refractivity contribution is 7.91. The second-order valence-corrected chi connectivity index (χ2v) is 7.33. The predicted molar refractivity (Wildman–Crippen MR) is 73.1 cm³/mol. The van der Waals surface area contributed by atoms with Crippen LogP contribution < -0.4 is 0 Å². The smallest absolute Gasteiger partial charge is 0.150 e. The second kappa shape index (κ2) is 7.14. The third-order valence-corrected chi connectivity index (χ3v) is 5.07. The van der Waals surface area contributed by atoms with E-state index in [1.165, 1.54) is 0 Å². The summed E-state index contributed by atoms with van der Waals surface area (Å²) in [6, 6.07) is 0. The standard InChI is InChI=1S/C12H21N3O4S/c16-6-1-2-11-10-15(14-13-11)5-7-19-12-3-8-20(17,18)9-4-12/h10,12,16H,1-9H2. The van der Waals surface area contributed by atoms with Crippen molar-refractivity contribution in [2.45, 2.75) is 38.3 Å². The van der Waals surface area contributed by atoms with Gasteiger partial charge in [0.1, 0.15) is 0 Å². The maximum atomic E-state index is 11.3. The third-order valence-electron chi connectivity index (χ3n) is 3.35. The number of sulfone groups is 1. The molecule has 0 aliphatic carbocycles. The highest BCUT2D eigenvalue weighted by Gasteiger charge is 2.23. The van der Waals surface area contributed by atoms with Crippen molar-refractivity contribution in [3.63, 3.8) is 0 Å². The van der Waals surface area contributed by atoms with E-state index in [1.807, 2.05) is 6.20 Å². The fraction of sp³-hybridized carbons (Fsp3) is 0.833. The highest BCUT2D eigenvalue weighted by atomic mass is 32.2. The number of rotatable bonds is 7. The van der Waals surface area contributed by atoms with Crippen molar-refractivity contribution in [2.24, 2.45) is 0 Å². The zero-order chi connectivity index (χ0) is 14.4. The van der Waals surface area contributed by atoms with E-state index in [2.05, 4.69) is 10.3 Å². The van der Waals surface area contributed by atoms with Crippen LogP contribution in [0.4, 0.5) is 0 Å². The van der Waals surface area contributed by atoms with E-state index >= 15 is 0 Å². The molecule has 7 nitrogen and oxygen atoms in total. The molecule has 1 aromatic heterocycles. The van der Waals surface area contributed by atoms with Gasteiger partial charge in [0, 0.05) is 12.8 Å². The maximum Gasteiger partial charge on any atom is 0.150 e. The highest BCUT2D eigenvalue weighted by Crippen LogP contribution is 2.15. The lowest BCUT2D eigenvalue weighted by atomic mass is 10.2. The minimum absolute atomic E-state index is 0.0379. The summed E-state index contributed by atoms with van der Waals surface area (Å²) in [4.78, 5) is 0. The first kappa shape index (κ1) is 15.4. The molecule has 2 heterocycles. The van der Waals surface area contributed by atoms with E-state index in [-0.39, 0.29) is 24.2 Å². The zero-order valence-corrected chi connectivity index (χ0v) is 12.3. The van der Waals surface area contributed by atoms with Crippen molar-refractivity contribution in [2.75, 3.05) is 24.7 Å². The maximum absolute atomic E-state index is 11.3. The van der Waals surface area contributed by atoms with Crippen LogP contribution in [0, 0.1) is 0 Å². The Labute approximate surface area is 118 Å². The first-order valence-electron chi connectivity index (χ1n) is 6.91. The van der Waals surface area contributed by atoms with Crippen molar-refractivity contribution in [3.8, 4) is 0 Å². The monoisotopic (exact) mass is 303 g/mol. The van der Waals surface area contributed by atoms with E-state index in [1.54, 1.807) is 4.68 Å². The number of ether oxygens (including phenoxy) is 1. The van der Waals surface area contributed by atoms with Gasteiger partial charge < -0.3 is 9.84 Å².